The van der Waals surface area contributed by atoms with Crippen LogP contribution in [0, 0.1) is 0 Å². The Kier molecular flexibility index (Phi) is 6.29. The van der Waals surface area contributed by atoms with E-state index in [9.17, 15) is 0 Å². The van der Waals surface area contributed by atoms with Crippen LogP contribution in [0.15, 0.2) is 200 Å². The second-order valence-corrected chi connectivity index (χ2v) is 13.7. The zero-order chi connectivity index (χ0) is 41.4. The van der Waals surface area contributed by atoms with Crippen molar-refractivity contribution in [1.29, 1.82) is 0 Å². The topological polar surface area (TPSA) is 48.5 Å². The minimum absolute atomic E-state index is 0.0747. The van der Waals surface area contributed by atoms with E-state index in [2.05, 4.69) is 106 Å². The van der Waals surface area contributed by atoms with Gasteiger partial charge in [-0.15, -0.1) is 0 Å². The summed E-state index contributed by atoms with van der Waals surface area (Å²) in [5.41, 5.74) is 8.84. The number of rotatable bonds is 6. The van der Waals surface area contributed by atoms with Gasteiger partial charge < -0.3 is 4.57 Å². The van der Waals surface area contributed by atoms with Gasteiger partial charge in [0.2, 0.25) is 5.95 Å². The second kappa shape index (κ2) is 13.0. The van der Waals surface area contributed by atoms with Crippen LogP contribution < -0.4 is 0 Å². The highest BCUT2D eigenvalue weighted by Crippen LogP contribution is 2.42. The van der Waals surface area contributed by atoms with Crippen LogP contribution in [0.1, 0.15) is 6.85 Å². The van der Waals surface area contributed by atoms with Crippen molar-refractivity contribution in [2.24, 2.45) is 0 Å². The van der Waals surface area contributed by atoms with Crippen molar-refractivity contribution < 1.29 is 6.85 Å². The number of aromatic nitrogens is 5. The molecule has 0 bridgehead atoms. The summed E-state index contributed by atoms with van der Waals surface area (Å²) in [6, 6.07) is 55.2. The van der Waals surface area contributed by atoms with Crippen LogP contribution >= 0.6 is 0 Å². The van der Waals surface area contributed by atoms with Crippen LogP contribution in [0.25, 0.3) is 100 Å². The van der Waals surface area contributed by atoms with Gasteiger partial charge >= 0.3 is 0 Å². The third kappa shape index (κ3) is 5.13. The maximum Gasteiger partial charge on any atom is 0.238 e. The minimum Gasteiger partial charge on any atom is -0.307 e. The van der Waals surface area contributed by atoms with Gasteiger partial charge in [-0.3, -0.25) is 4.57 Å². The van der Waals surface area contributed by atoms with Crippen molar-refractivity contribution in [3.63, 3.8) is 0 Å². The third-order valence-electron chi connectivity index (χ3n) is 10.5. The molecule has 0 atom stereocenters. The number of hydrogen-bond acceptors (Lipinski definition) is 3. The first kappa shape index (κ1) is 27.0. The van der Waals surface area contributed by atoms with E-state index < -0.39 is 18.1 Å². The van der Waals surface area contributed by atoms with E-state index in [1.807, 2.05) is 60.7 Å². The number of fused-ring (bicyclic) bond motifs is 7. The lowest BCUT2D eigenvalue weighted by Gasteiger charge is -2.15. The zero-order valence-electron chi connectivity index (χ0n) is 34.9. The molecule has 0 amide bonds. The molecule has 8 aromatic carbocycles. The average Bonchev–Trinajstić information content (AvgIpc) is 3.84. The summed E-state index contributed by atoms with van der Waals surface area (Å²) >= 11 is 0. The van der Waals surface area contributed by atoms with Crippen LogP contribution in [0.2, 0.25) is 0 Å². The van der Waals surface area contributed by atoms with Gasteiger partial charge in [-0.1, -0.05) is 176 Å². The average molecular weight is 721 g/mol. The molecule has 0 spiro atoms. The van der Waals surface area contributed by atoms with Gasteiger partial charge in [-0.05, 0) is 46.5 Å². The summed E-state index contributed by atoms with van der Waals surface area (Å²) in [6.07, 6.45) is 0. The molecular weight excluding hydrogens is 683 g/mol. The van der Waals surface area contributed by atoms with Crippen LogP contribution in [-0.4, -0.2) is 24.1 Å². The van der Waals surface area contributed by atoms with E-state index in [1.165, 1.54) is 0 Å². The Labute approximate surface area is 330 Å². The minimum atomic E-state index is -0.452. The zero-order valence-corrected chi connectivity index (χ0v) is 29.9. The van der Waals surface area contributed by atoms with E-state index in [-0.39, 0.29) is 17.6 Å². The Bertz CT molecular complexity index is 3520. The predicted octanol–water partition coefficient (Wildman–Crippen LogP) is 12.7. The monoisotopic (exact) mass is 720 g/mol. The lowest BCUT2D eigenvalue weighted by molar-refractivity contribution is 0.953. The number of para-hydroxylation sites is 2. The molecule has 0 unspecified atom stereocenters. The number of benzene rings is 8. The van der Waals surface area contributed by atoms with E-state index in [1.54, 1.807) is 12.1 Å². The summed E-state index contributed by atoms with van der Waals surface area (Å²) in [4.78, 5) is 15.6. The maximum atomic E-state index is 8.89. The molecule has 0 aliphatic carbocycles. The van der Waals surface area contributed by atoms with E-state index in [4.69, 9.17) is 21.8 Å². The molecule has 0 aliphatic rings. The first-order chi connectivity index (χ1) is 29.9. The molecule has 5 heteroatoms. The standard InChI is InChI=1S/C51H33N5/c1-4-17-34(18-5-1)37-23-16-24-38(33-37)55-45-29-14-12-26-40(45)42-31-32-43-41-27-13-15-30-46(41)56(48(43)47(42)55)51-53-49(36-21-8-3-9-22-36)52-50(54-51)44-28-11-10-25-39(44)35-19-6-2-7-20-35/h1-33H/i2D,6D,7D,19D,20D. The Morgan fingerprint density at radius 1 is 0.375 bits per heavy atom. The SMILES string of the molecule is [2H]c1c([2H])c([2H])c(-c2ccccc2-c2nc(-c3ccccc3)nc(-n3c4ccccc4c4ccc5c6ccccc6n(-c6cccc(-c7ccccc7)c6)c5c43)n2)c([2H])c1[2H]. The quantitative estimate of drug-likeness (QED) is 0.172. The highest BCUT2D eigenvalue weighted by molar-refractivity contribution is 6.23. The van der Waals surface area contributed by atoms with Crippen molar-refractivity contribution in [3.8, 4) is 56.7 Å². The van der Waals surface area contributed by atoms with E-state index in [0.29, 0.717) is 28.7 Å². The van der Waals surface area contributed by atoms with Gasteiger partial charge in [-0.2, -0.15) is 9.97 Å². The molecule has 3 aromatic heterocycles. The van der Waals surface area contributed by atoms with Gasteiger partial charge in [0, 0.05) is 38.4 Å². The van der Waals surface area contributed by atoms with E-state index >= 15 is 0 Å². The molecule has 5 nitrogen and oxygen atoms in total. The third-order valence-corrected chi connectivity index (χ3v) is 10.5. The van der Waals surface area contributed by atoms with Gasteiger partial charge in [0.05, 0.1) is 28.9 Å². The lowest BCUT2D eigenvalue weighted by atomic mass is 9.99. The number of nitrogens with zero attached hydrogens (tertiary/aromatic N) is 5. The highest BCUT2D eigenvalue weighted by Gasteiger charge is 2.24. The van der Waals surface area contributed by atoms with Gasteiger partial charge in [0.15, 0.2) is 11.6 Å². The molecule has 0 saturated heterocycles. The van der Waals surface area contributed by atoms with Crippen molar-refractivity contribution in [2.75, 3.05) is 0 Å². The normalized spacial score (nSPS) is 12.8. The molecular formula is C51H33N5. The first-order valence-corrected chi connectivity index (χ1v) is 18.5. The van der Waals surface area contributed by atoms with Gasteiger partial charge in [0.1, 0.15) is 0 Å². The molecule has 262 valence electrons. The molecule has 3 heterocycles. The summed E-state index contributed by atoms with van der Waals surface area (Å²) in [5, 5.41) is 4.22. The molecule has 0 saturated carbocycles. The Morgan fingerprint density at radius 3 is 1.64 bits per heavy atom. The molecule has 0 fully saturated rings. The largest absolute Gasteiger partial charge is 0.307 e. The summed E-state index contributed by atoms with van der Waals surface area (Å²) < 4.78 is 47.4. The molecule has 11 aromatic rings. The van der Waals surface area contributed by atoms with Gasteiger partial charge in [0.25, 0.3) is 0 Å². The fourth-order valence-electron chi connectivity index (χ4n) is 8.01. The van der Waals surface area contributed by atoms with E-state index in [0.717, 1.165) is 66.0 Å². The lowest BCUT2D eigenvalue weighted by Crippen LogP contribution is -2.07. The molecule has 0 radical (unpaired) electrons. The van der Waals surface area contributed by atoms with Crippen molar-refractivity contribution in [3.05, 3.63) is 200 Å². The fraction of sp³-hybridized carbons (Fsp3) is 0. The van der Waals surface area contributed by atoms with Crippen molar-refractivity contribution in [1.82, 2.24) is 24.1 Å². The van der Waals surface area contributed by atoms with Crippen LogP contribution in [0.3, 0.4) is 0 Å². The molecule has 0 N–H and O–H groups in total. The predicted molar refractivity (Wildman–Crippen MR) is 230 cm³/mol. The first-order valence-electron chi connectivity index (χ1n) is 21.0. The Morgan fingerprint density at radius 2 is 0.929 bits per heavy atom. The highest BCUT2D eigenvalue weighted by atomic mass is 15.2. The number of hydrogen-bond donors (Lipinski definition) is 0. The maximum absolute atomic E-state index is 8.89. The fourth-order valence-corrected chi connectivity index (χ4v) is 8.01. The van der Waals surface area contributed by atoms with Crippen LogP contribution in [-0.2, 0) is 0 Å². The van der Waals surface area contributed by atoms with Crippen LogP contribution in [0.5, 0.6) is 0 Å². The summed E-state index contributed by atoms with van der Waals surface area (Å²) in [5.74, 6) is 1.08. The van der Waals surface area contributed by atoms with Crippen molar-refractivity contribution >= 4 is 43.6 Å². The van der Waals surface area contributed by atoms with Crippen molar-refractivity contribution in [2.45, 2.75) is 0 Å². The van der Waals surface area contributed by atoms with Gasteiger partial charge in [-0.25, -0.2) is 4.98 Å². The Balaban J connectivity index is 1.26. The summed E-state index contributed by atoms with van der Waals surface area (Å²) in [6.45, 7) is 0. The molecule has 0 aliphatic heterocycles. The molecule has 11 rings (SSSR count). The Hall–Kier alpha value is -7.63. The molecule has 56 heavy (non-hydrogen) atoms. The smallest absolute Gasteiger partial charge is 0.238 e. The van der Waals surface area contributed by atoms with Crippen LogP contribution in [0.4, 0.5) is 0 Å². The second-order valence-electron chi connectivity index (χ2n) is 13.7. The summed E-state index contributed by atoms with van der Waals surface area (Å²) in [7, 11) is 0.